The molecule has 20 heavy (non-hydrogen) atoms. The summed E-state index contributed by atoms with van der Waals surface area (Å²) in [5.74, 6) is 3.75. The van der Waals surface area contributed by atoms with Crippen LogP contribution >= 0.6 is 11.8 Å². The van der Waals surface area contributed by atoms with Crippen molar-refractivity contribution in [3.05, 3.63) is 23.8 Å². The van der Waals surface area contributed by atoms with E-state index >= 15 is 0 Å². The molecule has 1 aromatic rings. The maximum atomic E-state index is 12.3. The van der Waals surface area contributed by atoms with Gasteiger partial charge in [0.1, 0.15) is 0 Å². The summed E-state index contributed by atoms with van der Waals surface area (Å²) in [6, 6.07) is 5.79. The Balaban J connectivity index is 1.69. The standard InChI is InChI=1S/C15H19NO3S/c17-13(9-12-10-20-7-4-16-12)11-2-3-14-15(8-11)19-6-1-5-18-14/h2-3,8,12,16H,1,4-7,9-10H2. The molecule has 1 atom stereocenters. The molecule has 0 bridgehead atoms. The van der Waals surface area contributed by atoms with E-state index in [0.29, 0.717) is 30.9 Å². The predicted molar refractivity (Wildman–Crippen MR) is 80.1 cm³/mol. The van der Waals surface area contributed by atoms with Gasteiger partial charge in [-0.2, -0.15) is 11.8 Å². The number of Topliss-reactive ketones (excluding diaryl/α,β-unsaturated/α-hetero) is 1. The van der Waals surface area contributed by atoms with Gasteiger partial charge in [-0.05, 0) is 18.2 Å². The highest BCUT2D eigenvalue weighted by Crippen LogP contribution is 2.31. The second-order valence-corrected chi connectivity index (χ2v) is 6.22. The fourth-order valence-electron chi connectivity index (χ4n) is 2.43. The molecule has 2 heterocycles. The zero-order valence-electron chi connectivity index (χ0n) is 11.4. The van der Waals surface area contributed by atoms with Crippen LogP contribution in [-0.4, -0.2) is 43.1 Å². The van der Waals surface area contributed by atoms with E-state index in [1.54, 1.807) is 0 Å². The summed E-state index contributed by atoms with van der Waals surface area (Å²) in [6.07, 6.45) is 1.42. The van der Waals surface area contributed by atoms with E-state index in [2.05, 4.69) is 5.32 Å². The van der Waals surface area contributed by atoms with Crippen molar-refractivity contribution < 1.29 is 14.3 Å². The van der Waals surface area contributed by atoms with Crippen molar-refractivity contribution in [1.29, 1.82) is 0 Å². The van der Waals surface area contributed by atoms with Gasteiger partial charge in [0.05, 0.1) is 13.2 Å². The molecule has 0 aliphatic carbocycles. The molecule has 4 nitrogen and oxygen atoms in total. The van der Waals surface area contributed by atoms with Gasteiger partial charge in [0.15, 0.2) is 17.3 Å². The van der Waals surface area contributed by atoms with Gasteiger partial charge in [0.25, 0.3) is 0 Å². The topological polar surface area (TPSA) is 47.6 Å². The summed E-state index contributed by atoms with van der Waals surface area (Å²) >= 11 is 1.91. The highest BCUT2D eigenvalue weighted by Gasteiger charge is 2.19. The summed E-state index contributed by atoms with van der Waals surface area (Å²) in [5.41, 5.74) is 0.714. The van der Waals surface area contributed by atoms with Crippen LogP contribution in [0.3, 0.4) is 0 Å². The molecule has 0 radical (unpaired) electrons. The van der Waals surface area contributed by atoms with Crippen LogP contribution in [-0.2, 0) is 0 Å². The lowest BCUT2D eigenvalue weighted by Gasteiger charge is -2.22. The van der Waals surface area contributed by atoms with Crippen molar-refractivity contribution in [2.75, 3.05) is 31.3 Å². The first-order valence-electron chi connectivity index (χ1n) is 7.07. The molecule has 1 fully saturated rings. The van der Waals surface area contributed by atoms with Crippen LogP contribution in [0.1, 0.15) is 23.2 Å². The van der Waals surface area contributed by atoms with Gasteiger partial charge in [-0.1, -0.05) is 0 Å². The van der Waals surface area contributed by atoms with Gasteiger partial charge in [-0.15, -0.1) is 0 Å². The minimum atomic E-state index is 0.167. The smallest absolute Gasteiger partial charge is 0.164 e. The first-order chi connectivity index (χ1) is 9.83. The summed E-state index contributed by atoms with van der Waals surface area (Å²) < 4.78 is 11.2. The average molecular weight is 293 g/mol. The number of ether oxygens (including phenoxy) is 2. The van der Waals surface area contributed by atoms with E-state index in [1.807, 2.05) is 30.0 Å². The largest absolute Gasteiger partial charge is 0.490 e. The van der Waals surface area contributed by atoms with E-state index < -0.39 is 0 Å². The fourth-order valence-corrected chi connectivity index (χ4v) is 3.38. The van der Waals surface area contributed by atoms with Gasteiger partial charge in [0.2, 0.25) is 0 Å². The molecule has 0 saturated carbocycles. The molecule has 1 aromatic carbocycles. The quantitative estimate of drug-likeness (QED) is 0.865. The molecule has 5 heteroatoms. The Kier molecular flexibility index (Phi) is 4.47. The molecule has 1 N–H and O–H groups in total. The number of rotatable bonds is 3. The number of carbonyl (C=O) groups excluding carboxylic acids is 1. The van der Waals surface area contributed by atoms with E-state index in [-0.39, 0.29) is 11.8 Å². The fraction of sp³-hybridized carbons (Fsp3) is 0.533. The Labute approximate surface area is 123 Å². The Morgan fingerprint density at radius 2 is 2.15 bits per heavy atom. The van der Waals surface area contributed by atoms with Crippen LogP contribution in [0.4, 0.5) is 0 Å². The second-order valence-electron chi connectivity index (χ2n) is 5.07. The van der Waals surface area contributed by atoms with Gasteiger partial charge in [0, 0.05) is 42.5 Å². The number of carbonyl (C=O) groups is 1. The number of nitrogens with one attached hydrogen (secondary N) is 1. The third kappa shape index (κ3) is 3.27. The molecule has 3 rings (SSSR count). The zero-order chi connectivity index (χ0) is 13.8. The third-order valence-corrected chi connectivity index (χ3v) is 4.63. The van der Waals surface area contributed by atoms with Crippen molar-refractivity contribution >= 4 is 17.5 Å². The number of ketones is 1. The normalized spacial score (nSPS) is 22.1. The van der Waals surface area contributed by atoms with Crippen molar-refractivity contribution in [3.8, 4) is 11.5 Å². The van der Waals surface area contributed by atoms with Crippen molar-refractivity contribution in [2.24, 2.45) is 0 Å². The Hall–Kier alpha value is -1.20. The first kappa shape index (κ1) is 13.8. The maximum Gasteiger partial charge on any atom is 0.164 e. The Morgan fingerprint density at radius 3 is 2.95 bits per heavy atom. The summed E-state index contributed by atoms with van der Waals surface area (Å²) in [5, 5.41) is 3.39. The molecule has 0 aromatic heterocycles. The van der Waals surface area contributed by atoms with Crippen LogP contribution in [0.5, 0.6) is 11.5 Å². The average Bonchev–Trinajstić information content (AvgIpc) is 2.72. The lowest BCUT2D eigenvalue weighted by molar-refractivity contribution is 0.0971. The summed E-state index contributed by atoms with van der Waals surface area (Å²) in [4.78, 5) is 12.3. The number of hydrogen-bond acceptors (Lipinski definition) is 5. The highest BCUT2D eigenvalue weighted by molar-refractivity contribution is 7.99. The molecule has 0 spiro atoms. The molecule has 2 aliphatic heterocycles. The Morgan fingerprint density at radius 1 is 1.30 bits per heavy atom. The molecule has 0 amide bonds. The molecule has 1 saturated heterocycles. The lowest BCUT2D eigenvalue weighted by Crippen LogP contribution is -2.38. The minimum Gasteiger partial charge on any atom is -0.490 e. The summed E-state index contributed by atoms with van der Waals surface area (Å²) in [7, 11) is 0. The number of hydrogen-bond donors (Lipinski definition) is 1. The first-order valence-corrected chi connectivity index (χ1v) is 8.22. The molecule has 2 aliphatic rings. The summed E-state index contributed by atoms with van der Waals surface area (Å²) in [6.45, 7) is 2.30. The van der Waals surface area contributed by atoms with Gasteiger partial charge in [-0.3, -0.25) is 4.79 Å². The van der Waals surface area contributed by atoms with Crippen LogP contribution in [0, 0.1) is 0 Å². The van der Waals surface area contributed by atoms with Crippen LogP contribution in [0.2, 0.25) is 0 Å². The lowest BCUT2D eigenvalue weighted by atomic mass is 10.0. The van der Waals surface area contributed by atoms with Crippen molar-refractivity contribution in [2.45, 2.75) is 18.9 Å². The predicted octanol–water partition coefficient (Wildman–Crippen LogP) is 2.13. The van der Waals surface area contributed by atoms with Crippen LogP contribution in [0.25, 0.3) is 0 Å². The minimum absolute atomic E-state index is 0.167. The van der Waals surface area contributed by atoms with Crippen LogP contribution < -0.4 is 14.8 Å². The monoisotopic (exact) mass is 293 g/mol. The van der Waals surface area contributed by atoms with Gasteiger partial charge in [-0.25, -0.2) is 0 Å². The van der Waals surface area contributed by atoms with E-state index in [0.717, 1.165) is 30.2 Å². The van der Waals surface area contributed by atoms with Crippen LogP contribution in [0.15, 0.2) is 18.2 Å². The SMILES string of the molecule is O=C(CC1CSCCN1)c1ccc2c(c1)OCCCO2. The number of fused-ring (bicyclic) bond motifs is 1. The maximum absolute atomic E-state index is 12.3. The molecular weight excluding hydrogens is 274 g/mol. The van der Waals surface area contributed by atoms with E-state index in [1.165, 1.54) is 0 Å². The van der Waals surface area contributed by atoms with Gasteiger partial charge < -0.3 is 14.8 Å². The molecule has 108 valence electrons. The zero-order valence-corrected chi connectivity index (χ0v) is 12.2. The van der Waals surface area contributed by atoms with E-state index in [4.69, 9.17) is 9.47 Å². The molecular formula is C15H19NO3S. The van der Waals surface area contributed by atoms with E-state index in [9.17, 15) is 4.79 Å². The number of thioether (sulfide) groups is 1. The Bertz CT molecular complexity index is 486. The third-order valence-electron chi connectivity index (χ3n) is 3.50. The second kappa shape index (κ2) is 6.50. The number of benzene rings is 1. The van der Waals surface area contributed by atoms with Crippen molar-refractivity contribution in [1.82, 2.24) is 5.32 Å². The van der Waals surface area contributed by atoms with Crippen molar-refractivity contribution in [3.63, 3.8) is 0 Å². The highest BCUT2D eigenvalue weighted by atomic mass is 32.2. The van der Waals surface area contributed by atoms with Gasteiger partial charge >= 0.3 is 0 Å². The molecule has 1 unspecified atom stereocenters.